The van der Waals surface area contributed by atoms with E-state index in [-0.39, 0.29) is 37.5 Å². The van der Waals surface area contributed by atoms with Crippen molar-refractivity contribution in [3.63, 3.8) is 0 Å². The summed E-state index contributed by atoms with van der Waals surface area (Å²) in [6, 6.07) is 0. The summed E-state index contributed by atoms with van der Waals surface area (Å²) in [4.78, 5) is 38.1. The Morgan fingerprint density at radius 3 is 1.07 bits per heavy atom. The Kier molecular flexibility index (Phi) is 51.5. The predicted molar refractivity (Wildman–Crippen MR) is 292 cm³/mol. The van der Waals surface area contributed by atoms with E-state index in [9.17, 15) is 14.4 Å². The molecule has 6 heteroatoms. The van der Waals surface area contributed by atoms with E-state index < -0.39 is 6.10 Å². The molecule has 0 rings (SSSR count). The van der Waals surface area contributed by atoms with Crippen LogP contribution in [0.5, 0.6) is 0 Å². The maximum absolute atomic E-state index is 12.8. The van der Waals surface area contributed by atoms with Crippen molar-refractivity contribution < 1.29 is 28.6 Å². The molecule has 0 heterocycles. The van der Waals surface area contributed by atoms with E-state index >= 15 is 0 Å². The van der Waals surface area contributed by atoms with Crippen LogP contribution in [0.4, 0.5) is 0 Å². The lowest BCUT2D eigenvalue weighted by Gasteiger charge is -2.18. The van der Waals surface area contributed by atoms with Gasteiger partial charge in [0.25, 0.3) is 0 Å². The minimum Gasteiger partial charge on any atom is -0.462 e. The Labute approximate surface area is 417 Å². The van der Waals surface area contributed by atoms with Gasteiger partial charge in [0.15, 0.2) is 6.10 Å². The molecular weight excluding hydrogens is 841 g/mol. The van der Waals surface area contributed by atoms with Crippen LogP contribution < -0.4 is 0 Å². The van der Waals surface area contributed by atoms with E-state index in [1.54, 1.807) is 0 Å². The molecule has 6 nitrogen and oxygen atoms in total. The summed E-state index contributed by atoms with van der Waals surface area (Å²) in [6.07, 6.45) is 77.1. The number of hydrogen-bond donors (Lipinski definition) is 0. The fourth-order valence-corrected chi connectivity index (χ4v) is 7.06. The molecule has 1 atom stereocenters. The van der Waals surface area contributed by atoms with Gasteiger partial charge >= 0.3 is 17.9 Å². The van der Waals surface area contributed by atoms with Crippen molar-refractivity contribution in [3.8, 4) is 0 Å². The molecule has 0 saturated heterocycles. The predicted octanol–water partition coefficient (Wildman–Crippen LogP) is 18.3. The topological polar surface area (TPSA) is 78.9 Å². The van der Waals surface area contributed by atoms with Crippen LogP contribution in [-0.2, 0) is 28.6 Å². The second kappa shape index (κ2) is 55.1. The monoisotopic (exact) mass is 939 g/mol. The first-order valence-corrected chi connectivity index (χ1v) is 27.3. The summed E-state index contributed by atoms with van der Waals surface area (Å²) >= 11 is 0. The summed E-state index contributed by atoms with van der Waals surface area (Å²) in [5, 5.41) is 0. The molecule has 0 amide bonds. The van der Waals surface area contributed by atoms with Gasteiger partial charge in [0.2, 0.25) is 0 Å². The zero-order chi connectivity index (χ0) is 49.3. The van der Waals surface area contributed by atoms with Crippen LogP contribution in [0.2, 0.25) is 0 Å². The average molecular weight is 939 g/mol. The molecule has 0 aliphatic rings. The van der Waals surface area contributed by atoms with E-state index in [1.807, 2.05) is 72.9 Å². The maximum Gasteiger partial charge on any atom is 0.306 e. The Balaban J connectivity index is 4.56. The molecule has 0 aliphatic carbocycles. The third kappa shape index (κ3) is 52.5. The number of allylic oxidation sites excluding steroid dienone is 22. The molecule has 0 aromatic heterocycles. The number of carbonyl (C=O) groups is 3. The molecule has 0 aromatic rings. The fourth-order valence-electron chi connectivity index (χ4n) is 7.06. The van der Waals surface area contributed by atoms with Gasteiger partial charge in [-0.05, 0) is 77.0 Å². The van der Waals surface area contributed by atoms with Gasteiger partial charge in [-0.3, -0.25) is 14.4 Å². The van der Waals surface area contributed by atoms with Gasteiger partial charge in [0.1, 0.15) is 13.2 Å². The second-order valence-corrected chi connectivity index (χ2v) is 17.6. The molecular formula is C62H98O6. The number of hydrogen-bond acceptors (Lipinski definition) is 6. The van der Waals surface area contributed by atoms with Gasteiger partial charge in [-0.15, -0.1) is 0 Å². The smallest absolute Gasteiger partial charge is 0.306 e. The summed E-state index contributed by atoms with van der Waals surface area (Å²) in [5.74, 6) is -0.991. The van der Waals surface area contributed by atoms with Crippen molar-refractivity contribution in [1.29, 1.82) is 0 Å². The van der Waals surface area contributed by atoms with E-state index in [1.165, 1.54) is 77.0 Å². The van der Waals surface area contributed by atoms with Crippen LogP contribution in [0.1, 0.15) is 220 Å². The molecule has 0 aromatic carbocycles. The first-order chi connectivity index (χ1) is 33.5. The summed E-state index contributed by atoms with van der Waals surface area (Å²) in [7, 11) is 0. The molecule has 0 saturated carbocycles. The van der Waals surface area contributed by atoms with Crippen molar-refractivity contribution in [3.05, 3.63) is 134 Å². The molecule has 0 fully saturated rings. The Morgan fingerprint density at radius 1 is 0.324 bits per heavy atom. The maximum atomic E-state index is 12.8. The van der Waals surface area contributed by atoms with Crippen molar-refractivity contribution in [2.75, 3.05) is 13.2 Å². The summed E-state index contributed by atoms with van der Waals surface area (Å²) in [6.45, 7) is 6.31. The number of esters is 3. The van der Waals surface area contributed by atoms with Crippen molar-refractivity contribution in [2.45, 2.75) is 226 Å². The van der Waals surface area contributed by atoms with E-state index in [4.69, 9.17) is 14.2 Å². The van der Waals surface area contributed by atoms with Gasteiger partial charge in [-0.1, -0.05) is 257 Å². The molecule has 0 spiro atoms. The molecule has 1 unspecified atom stereocenters. The first kappa shape index (κ1) is 63.5. The second-order valence-electron chi connectivity index (χ2n) is 17.6. The molecule has 0 aliphatic heterocycles. The van der Waals surface area contributed by atoms with Crippen LogP contribution in [0.25, 0.3) is 0 Å². The van der Waals surface area contributed by atoms with Gasteiger partial charge in [-0.2, -0.15) is 0 Å². The van der Waals surface area contributed by atoms with Crippen molar-refractivity contribution in [2.24, 2.45) is 0 Å². The van der Waals surface area contributed by atoms with Crippen LogP contribution in [-0.4, -0.2) is 37.2 Å². The van der Waals surface area contributed by atoms with Crippen LogP contribution in [0.3, 0.4) is 0 Å². The van der Waals surface area contributed by atoms with Gasteiger partial charge in [0, 0.05) is 19.3 Å². The largest absolute Gasteiger partial charge is 0.462 e. The van der Waals surface area contributed by atoms with Gasteiger partial charge < -0.3 is 14.2 Å². The Morgan fingerprint density at radius 2 is 0.647 bits per heavy atom. The minimum atomic E-state index is -0.817. The Hall–Kier alpha value is -4.45. The highest BCUT2D eigenvalue weighted by atomic mass is 16.6. The van der Waals surface area contributed by atoms with E-state index in [0.717, 1.165) is 96.3 Å². The lowest BCUT2D eigenvalue weighted by atomic mass is 10.0. The summed E-state index contributed by atoms with van der Waals surface area (Å²) in [5.41, 5.74) is 0. The molecule has 0 N–H and O–H groups in total. The average Bonchev–Trinajstić information content (AvgIpc) is 3.34. The SMILES string of the molecule is CC\C=C/C=C\C=C/C=C\C=C\C=C/C=C\CCCCCC(=O)OCC(COC(=O)CCCCCCCCCCCCCCCCC)OC(=O)CCCCC/C=C\C/C=C\C/C=C\C/C=C\CC. The Bertz CT molecular complexity index is 1500. The third-order valence-corrected chi connectivity index (χ3v) is 11.1. The highest BCUT2D eigenvalue weighted by Crippen LogP contribution is 2.15. The summed E-state index contributed by atoms with van der Waals surface area (Å²) < 4.78 is 16.8. The first-order valence-electron chi connectivity index (χ1n) is 27.3. The molecule has 0 radical (unpaired) electrons. The van der Waals surface area contributed by atoms with Crippen LogP contribution in [0, 0.1) is 0 Å². The van der Waals surface area contributed by atoms with Gasteiger partial charge in [0.05, 0.1) is 0 Å². The number of ether oxygens (including phenoxy) is 3. The zero-order valence-corrected chi connectivity index (χ0v) is 43.6. The number of carbonyl (C=O) groups excluding carboxylic acids is 3. The fraction of sp³-hybridized carbons (Fsp3) is 0.597. The molecule has 382 valence electrons. The van der Waals surface area contributed by atoms with Crippen molar-refractivity contribution in [1.82, 2.24) is 0 Å². The van der Waals surface area contributed by atoms with Crippen LogP contribution >= 0.6 is 0 Å². The minimum absolute atomic E-state index is 0.109. The third-order valence-electron chi connectivity index (χ3n) is 11.1. The number of unbranched alkanes of at least 4 members (excludes halogenated alkanes) is 20. The van der Waals surface area contributed by atoms with Gasteiger partial charge in [-0.25, -0.2) is 0 Å². The highest BCUT2D eigenvalue weighted by molar-refractivity contribution is 5.71. The van der Waals surface area contributed by atoms with E-state index in [0.29, 0.717) is 19.3 Å². The molecule has 68 heavy (non-hydrogen) atoms. The standard InChI is InChI=1S/C62H98O6/c1-4-7-10-13-16-19-22-25-28-30-31-32-35-37-40-43-46-49-52-55-61(64)67-58-59(57-66-60(63)54-51-48-45-42-39-36-33-27-24-21-18-15-12-9-6-3)68-62(65)56-53-50-47-44-41-38-34-29-26-23-20-17-14-11-8-5-2/h7-8,10-11,13,16-17,19-20,22,25-26,28-32,35,37-38,40-41,59H,4-6,9,12,14-15,18,21,23-24,27,33-34,36,39,42-58H2,1-3H3/b10-7-,11-8-,16-13-,20-17-,22-19-,28-25-,29-26-,31-30+,35-32-,40-37-,41-38-. The van der Waals surface area contributed by atoms with Crippen molar-refractivity contribution >= 4 is 17.9 Å². The normalized spacial score (nSPS) is 13.2. The molecule has 0 bridgehead atoms. The quantitative estimate of drug-likeness (QED) is 0.0199. The lowest BCUT2D eigenvalue weighted by molar-refractivity contribution is -0.167. The highest BCUT2D eigenvalue weighted by Gasteiger charge is 2.19. The number of rotatable bonds is 47. The van der Waals surface area contributed by atoms with E-state index in [2.05, 4.69) is 81.5 Å². The lowest BCUT2D eigenvalue weighted by Crippen LogP contribution is -2.30. The van der Waals surface area contributed by atoms with Crippen LogP contribution in [0.15, 0.2) is 134 Å². The zero-order valence-electron chi connectivity index (χ0n) is 43.6.